The molecule has 0 saturated carbocycles. The van der Waals surface area contributed by atoms with E-state index in [-0.39, 0.29) is 0 Å². The number of rotatable bonds is 7. The molecule has 0 unspecified atom stereocenters. The van der Waals surface area contributed by atoms with Crippen LogP contribution in [0.4, 0.5) is 5.82 Å². The average molecular weight is 272 g/mol. The Bertz CT molecular complexity index is 528. The third-order valence-corrected chi connectivity index (χ3v) is 3.35. The topological polar surface area (TPSA) is 42.7 Å². The molecule has 0 aliphatic heterocycles. The van der Waals surface area contributed by atoms with Crippen LogP contribution in [0.5, 0.6) is 0 Å². The van der Waals surface area contributed by atoms with Crippen molar-refractivity contribution in [2.24, 2.45) is 0 Å². The lowest BCUT2D eigenvalue weighted by Crippen LogP contribution is -2.07. The maximum atomic E-state index is 4.64. The van der Waals surface area contributed by atoms with Crippen LogP contribution in [-0.4, -0.2) is 21.3 Å². The largest absolute Gasteiger partial charge is 0.370 e. The van der Waals surface area contributed by atoms with Gasteiger partial charge in [0.2, 0.25) is 0 Å². The van der Waals surface area contributed by atoms with E-state index in [1.54, 1.807) is 0 Å². The lowest BCUT2D eigenvalue weighted by molar-refractivity contribution is 0.639. The van der Waals surface area contributed by atoms with Crippen LogP contribution in [0, 0.1) is 0 Å². The molecule has 0 aliphatic rings. The Morgan fingerprint density at radius 1 is 1.15 bits per heavy atom. The van der Waals surface area contributed by atoms with Gasteiger partial charge >= 0.3 is 0 Å². The van der Waals surface area contributed by atoms with Crippen LogP contribution in [0.2, 0.25) is 0 Å². The minimum atomic E-state index is 0.796. The fourth-order valence-corrected chi connectivity index (χ4v) is 2.16. The first-order valence-corrected chi connectivity index (χ1v) is 7.51. The van der Waals surface area contributed by atoms with Crippen LogP contribution < -0.4 is 5.32 Å². The summed E-state index contributed by atoms with van der Waals surface area (Å²) in [5, 5.41) is 7.93. The molecule has 2 rings (SSSR count). The smallest absolute Gasteiger partial charge is 0.125 e. The number of anilines is 1. The molecule has 2 aromatic rings. The number of hydrogen-bond acceptors (Lipinski definition) is 3. The Hall–Kier alpha value is -1.84. The highest BCUT2D eigenvalue weighted by atomic mass is 15.3. The first kappa shape index (κ1) is 14.6. The van der Waals surface area contributed by atoms with E-state index in [0.717, 1.165) is 43.9 Å². The maximum Gasteiger partial charge on any atom is 0.125 e. The molecular formula is C16H24N4. The molecule has 0 spiro atoms. The van der Waals surface area contributed by atoms with E-state index in [2.05, 4.69) is 53.0 Å². The Balaban J connectivity index is 2.07. The Kier molecular flexibility index (Phi) is 5.16. The van der Waals surface area contributed by atoms with Crippen LogP contribution in [0.1, 0.15) is 44.1 Å². The molecular weight excluding hydrogens is 248 g/mol. The van der Waals surface area contributed by atoms with Crippen molar-refractivity contribution in [2.45, 2.75) is 46.6 Å². The molecule has 2 heterocycles. The molecule has 108 valence electrons. The minimum absolute atomic E-state index is 0.796. The van der Waals surface area contributed by atoms with Crippen LogP contribution in [-0.2, 0) is 19.4 Å². The van der Waals surface area contributed by atoms with Crippen molar-refractivity contribution in [3.05, 3.63) is 41.3 Å². The van der Waals surface area contributed by atoms with Gasteiger partial charge in [-0.1, -0.05) is 26.8 Å². The van der Waals surface area contributed by atoms with Gasteiger partial charge in [0, 0.05) is 18.4 Å². The van der Waals surface area contributed by atoms with Gasteiger partial charge in [-0.05, 0) is 37.0 Å². The van der Waals surface area contributed by atoms with Gasteiger partial charge in [-0.25, -0.2) is 4.98 Å². The Morgan fingerprint density at radius 2 is 2.00 bits per heavy atom. The first-order chi connectivity index (χ1) is 9.76. The predicted octanol–water partition coefficient (Wildman–Crippen LogP) is 3.27. The van der Waals surface area contributed by atoms with Gasteiger partial charge in [0.25, 0.3) is 0 Å². The summed E-state index contributed by atoms with van der Waals surface area (Å²) in [7, 11) is 0. The van der Waals surface area contributed by atoms with Crippen LogP contribution in [0.3, 0.4) is 0 Å². The van der Waals surface area contributed by atoms with Crippen molar-refractivity contribution in [3.8, 4) is 0 Å². The summed E-state index contributed by atoms with van der Waals surface area (Å²) in [6.07, 6.45) is 5.04. The van der Waals surface area contributed by atoms with E-state index in [4.69, 9.17) is 0 Å². The molecule has 0 atom stereocenters. The molecule has 20 heavy (non-hydrogen) atoms. The van der Waals surface area contributed by atoms with Gasteiger partial charge in [-0.3, -0.25) is 4.68 Å². The normalized spacial score (nSPS) is 10.8. The van der Waals surface area contributed by atoms with E-state index in [9.17, 15) is 0 Å². The van der Waals surface area contributed by atoms with E-state index < -0.39 is 0 Å². The first-order valence-electron chi connectivity index (χ1n) is 7.51. The number of hydrogen-bond donors (Lipinski definition) is 1. The highest BCUT2D eigenvalue weighted by Crippen LogP contribution is 2.11. The minimum Gasteiger partial charge on any atom is -0.370 e. The van der Waals surface area contributed by atoms with E-state index in [1.807, 2.05) is 12.3 Å². The second kappa shape index (κ2) is 7.08. The molecule has 0 amide bonds. The summed E-state index contributed by atoms with van der Waals surface area (Å²) >= 11 is 0. The molecule has 0 aliphatic carbocycles. The quantitative estimate of drug-likeness (QED) is 0.841. The fourth-order valence-electron chi connectivity index (χ4n) is 2.16. The molecule has 4 heteroatoms. The zero-order valence-electron chi connectivity index (χ0n) is 12.7. The number of aryl methyl sites for hydroxylation is 2. The van der Waals surface area contributed by atoms with Gasteiger partial charge in [0.05, 0.1) is 12.2 Å². The molecule has 1 N–H and O–H groups in total. The third kappa shape index (κ3) is 3.59. The lowest BCUT2D eigenvalue weighted by atomic mass is 10.2. The maximum absolute atomic E-state index is 4.64. The van der Waals surface area contributed by atoms with Crippen molar-refractivity contribution >= 4 is 5.82 Å². The Morgan fingerprint density at radius 3 is 2.60 bits per heavy atom. The van der Waals surface area contributed by atoms with Gasteiger partial charge in [0.15, 0.2) is 0 Å². The van der Waals surface area contributed by atoms with Crippen LogP contribution in [0.25, 0.3) is 0 Å². The second-order valence-corrected chi connectivity index (χ2v) is 4.97. The van der Waals surface area contributed by atoms with E-state index >= 15 is 0 Å². The highest BCUT2D eigenvalue weighted by molar-refractivity contribution is 5.35. The zero-order valence-corrected chi connectivity index (χ0v) is 12.7. The SMILES string of the molecule is CCCNc1ccc(Cn2nc(CC)cc2CC)cn1. The summed E-state index contributed by atoms with van der Waals surface area (Å²) in [4.78, 5) is 4.44. The van der Waals surface area contributed by atoms with E-state index in [0.29, 0.717) is 0 Å². The number of nitrogens with one attached hydrogen (secondary N) is 1. The van der Waals surface area contributed by atoms with Gasteiger partial charge < -0.3 is 5.32 Å². The Labute approximate surface area is 121 Å². The van der Waals surface area contributed by atoms with Gasteiger partial charge in [-0.2, -0.15) is 5.10 Å². The molecule has 4 nitrogen and oxygen atoms in total. The predicted molar refractivity (Wildman–Crippen MR) is 83.1 cm³/mol. The van der Waals surface area contributed by atoms with Crippen molar-refractivity contribution in [3.63, 3.8) is 0 Å². The second-order valence-electron chi connectivity index (χ2n) is 4.97. The molecule has 0 aromatic carbocycles. The summed E-state index contributed by atoms with van der Waals surface area (Å²) in [6.45, 7) is 8.22. The van der Waals surface area contributed by atoms with Crippen LogP contribution >= 0.6 is 0 Å². The van der Waals surface area contributed by atoms with E-state index in [1.165, 1.54) is 11.3 Å². The molecule has 0 bridgehead atoms. The fraction of sp³-hybridized carbons (Fsp3) is 0.500. The van der Waals surface area contributed by atoms with Crippen molar-refractivity contribution < 1.29 is 0 Å². The number of pyridine rings is 1. The summed E-state index contributed by atoms with van der Waals surface area (Å²) in [5.74, 6) is 0.945. The number of aromatic nitrogens is 3. The monoisotopic (exact) mass is 272 g/mol. The van der Waals surface area contributed by atoms with Gasteiger partial charge in [-0.15, -0.1) is 0 Å². The molecule has 2 aromatic heterocycles. The molecule has 0 fully saturated rings. The standard InChI is InChI=1S/C16H24N4/c1-4-9-17-16-8-7-13(11-18-16)12-20-15(6-3)10-14(5-2)19-20/h7-8,10-11H,4-6,9,12H2,1-3H3,(H,17,18). The van der Waals surface area contributed by atoms with Crippen LogP contribution in [0.15, 0.2) is 24.4 Å². The zero-order chi connectivity index (χ0) is 14.4. The average Bonchev–Trinajstić information content (AvgIpc) is 2.88. The lowest BCUT2D eigenvalue weighted by Gasteiger charge is -2.07. The summed E-state index contributed by atoms with van der Waals surface area (Å²) < 4.78 is 2.09. The number of nitrogens with zero attached hydrogens (tertiary/aromatic N) is 3. The van der Waals surface area contributed by atoms with Crippen molar-refractivity contribution in [2.75, 3.05) is 11.9 Å². The van der Waals surface area contributed by atoms with Crippen molar-refractivity contribution in [1.82, 2.24) is 14.8 Å². The van der Waals surface area contributed by atoms with Gasteiger partial charge in [0.1, 0.15) is 5.82 Å². The summed E-state index contributed by atoms with van der Waals surface area (Å²) in [6, 6.07) is 6.36. The summed E-state index contributed by atoms with van der Waals surface area (Å²) in [5.41, 5.74) is 3.64. The highest BCUT2D eigenvalue weighted by Gasteiger charge is 2.06. The molecule has 0 radical (unpaired) electrons. The molecule has 0 saturated heterocycles. The van der Waals surface area contributed by atoms with Crippen molar-refractivity contribution in [1.29, 1.82) is 0 Å². The third-order valence-electron chi connectivity index (χ3n) is 3.35.